The minimum Gasteiger partial charge on any atom is -0.401 e. The number of hydrazine groups is 1. The van der Waals surface area contributed by atoms with Gasteiger partial charge < -0.3 is 10.7 Å². The Balaban J connectivity index is 2.40. The quantitative estimate of drug-likeness (QED) is 0.460. The molecular weight excluding hydrogens is 138 g/mol. The normalized spacial score (nSPS) is 20.7. The average Bonchev–Trinajstić information content (AvgIpc) is 2.35. The molecule has 1 aliphatic rings. The lowest BCUT2D eigenvalue weighted by Gasteiger charge is -2.21. The molecule has 0 amide bonds. The Kier molecular flexibility index (Phi) is 2.76. The summed E-state index contributed by atoms with van der Waals surface area (Å²) in [5, 5.41) is 1.75. The highest BCUT2D eigenvalue weighted by Crippen LogP contribution is 2.21. The number of hydrogen-bond donors (Lipinski definition) is 2. The predicted octanol–water partition coefficient (Wildman–Crippen LogP) is 0.925. The van der Waals surface area contributed by atoms with E-state index in [1.165, 1.54) is 25.7 Å². The molecule has 11 heavy (non-hydrogen) atoms. The van der Waals surface area contributed by atoms with Crippen molar-refractivity contribution in [2.45, 2.75) is 38.6 Å². The van der Waals surface area contributed by atoms with Crippen LogP contribution in [0.5, 0.6) is 0 Å². The maximum Gasteiger partial charge on any atom is 0.0446 e. The molecule has 0 unspecified atom stereocenters. The van der Waals surface area contributed by atoms with E-state index in [-0.39, 0.29) is 0 Å². The zero-order chi connectivity index (χ0) is 8.27. The van der Waals surface area contributed by atoms with Crippen molar-refractivity contribution < 1.29 is 0 Å². The number of hydrogen-bond acceptors (Lipinski definition) is 3. The van der Waals surface area contributed by atoms with Crippen LogP contribution in [0.15, 0.2) is 11.9 Å². The van der Waals surface area contributed by atoms with Crippen molar-refractivity contribution in [1.82, 2.24) is 5.01 Å². The molecule has 0 bridgehead atoms. The van der Waals surface area contributed by atoms with Crippen LogP contribution in [-0.2, 0) is 0 Å². The molecule has 0 aromatic heterocycles. The lowest BCUT2D eigenvalue weighted by molar-refractivity contribution is 0.286. The van der Waals surface area contributed by atoms with Gasteiger partial charge in [-0.1, -0.05) is 12.8 Å². The molecule has 4 N–H and O–H groups in total. The van der Waals surface area contributed by atoms with Gasteiger partial charge in [0.05, 0.1) is 0 Å². The van der Waals surface area contributed by atoms with Crippen molar-refractivity contribution >= 4 is 0 Å². The second-order valence-electron chi connectivity index (χ2n) is 3.26. The van der Waals surface area contributed by atoms with E-state index in [2.05, 4.69) is 0 Å². The third kappa shape index (κ3) is 2.42. The summed E-state index contributed by atoms with van der Waals surface area (Å²) < 4.78 is 0. The van der Waals surface area contributed by atoms with Crippen LogP contribution in [-0.4, -0.2) is 11.1 Å². The van der Waals surface area contributed by atoms with E-state index in [0.29, 0.717) is 6.04 Å². The summed E-state index contributed by atoms with van der Waals surface area (Å²) in [6.07, 6.45) is 6.84. The van der Waals surface area contributed by atoms with Crippen molar-refractivity contribution in [3.8, 4) is 0 Å². The lowest BCUT2D eigenvalue weighted by atomic mass is 10.2. The highest BCUT2D eigenvalue weighted by Gasteiger charge is 2.17. The van der Waals surface area contributed by atoms with Gasteiger partial charge in [-0.15, -0.1) is 0 Å². The third-order valence-electron chi connectivity index (χ3n) is 2.10. The van der Waals surface area contributed by atoms with Crippen LogP contribution in [0.4, 0.5) is 0 Å². The summed E-state index contributed by atoms with van der Waals surface area (Å²) >= 11 is 0. The standard InChI is InChI=1S/C8H17N3/c1-7(9)6-11(10)8-4-2-3-5-8/h6,8H,2-5,9-10H2,1H3/b7-6-. The van der Waals surface area contributed by atoms with Crippen LogP contribution in [0.2, 0.25) is 0 Å². The van der Waals surface area contributed by atoms with E-state index in [1.807, 2.05) is 13.1 Å². The second kappa shape index (κ2) is 3.62. The number of rotatable bonds is 2. The van der Waals surface area contributed by atoms with Crippen LogP contribution >= 0.6 is 0 Å². The van der Waals surface area contributed by atoms with Gasteiger partial charge >= 0.3 is 0 Å². The zero-order valence-corrected chi connectivity index (χ0v) is 7.09. The monoisotopic (exact) mass is 155 g/mol. The maximum absolute atomic E-state index is 5.76. The smallest absolute Gasteiger partial charge is 0.0446 e. The predicted molar refractivity (Wildman–Crippen MR) is 46.2 cm³/mol. The van der Waals surface area contributed by atoms with Crippen molar-refractivity contribution in [3.05, 3.63) is 11.9 Å². The highest BCUT2D eigenvalue weighted by atomic mass is 15.4. The Morgan fingerprint density at radius 1 is 1.45 bits per heavy atom. The van der Waals surface area contributed by atoms with E-state index in [4.69, 9.17) is 11.6 Å². The third-order valence-corrected chi connectivity index (χ3v) is 2.10. The largest absolute Gasteiger partial charge is 0.401 e. The zero-order valence-electron chi connectivity index (χ0n) is 7.09. The van der Waals surface area contributed by atoms with Crippen LogP contribution in [0, 0.1) is 0 Å². The molecule has 1 rings (SSSR count). The van der Waals surface area contributed by atoms with Crippen molar-refractivity contribution in [3.63, 3.8) is 0 Å². The highest BCUT2D eigenvalue weighted by molar-refractivity contribution is 4.92. The topological polar surface area (TPSA) is 55.3 Å². The molecule has 0 atom stereocenters. The molecule has 1 aliphatic carbocycles. The van der Waals surface area contributed by atoms with E-state index in [0.717, 1.165) is 5.70 Å². The van der Waals surface area contributed by atoms with Gasteiger partial charge in [0.2, 0.25) is 0 Å². The molecule has 0 aliphatic heterocycles. The number of nitrogens with zero attached hydrogens (tertiary/aromatic N) is 1. The molecule has 0 radical (unpaired) electrons. The maximum atomic E-state index is 5.76. The minimum absolute atomic E-state index is 0.522. The Labute approximate surface area is 68.0 Å². The summed E-state index contributed by atoms with van der Waals surface area (Å²) in [6.45, 7) is 1.86. The molecule has 1 saturated carbocycles. The molecule has 3 nitrogen and oxygen atoms in total. The molecule has 0 spiro atoms. The van der Waals surface area contributed by atoms with Gasteiger partial charge in [-0.25, -0.2) is 5.84 Å². The molecule has 3 heteroatoms. The average molecular weight is 155 g/mol. The summed E-state index contributed by atoms with van der Waals surface area (Å²) in [5.74, 6) is 5.76. The SMILES string of the molecule is C/C(N)=C/N(N)C1CCCC1. The fraction of sp³-hybridized carbons (Fsp3) is 0.750. The van der Waals surface area contributed by atoms with Crippen molar-refractivity contribution in [1.29, 1.82) is 0 Å². The van der Waals surface area contributed by atoms with Crippen molar-refractivity contribution in [2.24, 2.45) is 11.6 Å². The first-order valence-electron chi connectivity index (χ1n) is 4.17. The molecular formula is C8H17N3. The molecule has 0 heterocycles. The van der Waals surface area contributed by atoms with Gasteiger partial charge in [-0.3, -0.25) is 0 Å². The Morgan fingerprint density at radius 3 is 2.45 bits per heavy atom. The van der Waals surface area contributed by atoms with Crippen LogP contribution < -0.4 is 11.6 Å². The van der Waals surface area contributed by atoms with Crippen LogP contribution in [0.25, 0.3) is 0 Å². The minimum atomic E-state index is 0.522. The number of nitrogens with two attached hydrogens (primary N) is 2. The van der Waals surface area contributed by atoms with E-state index in [9.17, 15) is 0 Å². The van der Waals surface area contributed by atoms with Gasteiger partial charge in [0.1, 0.15) is 0 Å². The van der Waals surface area contributed by atoms with Gasteiger partial charge in [0, 0.05) is 17.9 Å². The molecule has 0 saturated heterocycles. The van der Waals surface area contributed by atoms with Crippen LogP contribution in [0.1, 0.15) is 32.6 Å². The van der Waals surface area contributed by atoms with Gasteiger partial charge in [-0.05, 0) is 19.8 Å². The first-order valence-corrected chi connectivity index (χ1v) is 4.17. The van der Waals surface area contributed by atoms with Gasteiger partial charge in [0.15, 0.2) is 0 Å². The molecule has 1 fully saturated rings. The first-order chi connectivity index (χ1) is 5.20. The Bertz CT molecular complexity index is 143. The van der Waals surface area contributed by atoms with E-state index in [1.54, 1.807) is 5.01 Å². The molecule has 0 aromatic carbocycles. The Morgan fingerprint density at radius 2 is 2.00 bits per heavy atom. The fourth-order valence-electron chi connectivity index (χ4n) is 1.54. The summed E-state index contributed by atoms with van der Waals surface area (Å²) in [4.78, 5) is 0. The van der Waals surface area contributed by atoms with Crippen LogP contribution in [0.3, 0.4) is 0 Å². The molecule has 64 valence electrons. The summed E-state index contributed by atoms with van der Waals surface area (Å²) in [5.41, 5.74) is 6.28. The Hall–Kier alpha value is -0.700. The number of allylic oxidation sites excluding steroid dienone is 1. The summed E-state index contributed by atoms with van der Waals surface area (Å²) in [7, 11) is 0. The van der Waals surface area contributed by atoms with Crippen molar-refractivity contribution in [2.75, 3.05) is 0 Å². The van der Waals surface area contributed by atoms with Gasteiger partial charge in [0.25, 0.3) is 0 Å². The lowest BCUT2D eigenvalue weighted by Crippen LogP contribution is -2.35. The van der Waals surface area contributed by atoms with E-state index >= 15 is 0 Å². The second-order valence-corrected chi connectivity index (χ2v) is 3.26. The van der Waals surface area contributed by atoms with Gasteiger partial charge in [-0.2, -0.15) is 0 Å². The fourth-order valence-corrected chi connectivity index (χ4v) is 1.54. The molecule has 0 aromatic rings. The summed E-state index contributed by atoms with van der Waals surface area (Å²) in [6, 6.07) is 0.522. The van der Waals surface area contributed by atoms with E-state index < -0.39 is 0 Å². The first kappa shape index (κ1) is 8.40.